The molecule has 0 saturated carbocycles. The zero-order chi connectivity index (χ0) is 12.9. The summed E-state index contributed by atoms with van der Waals surface area (Å²) in [7, 11) is -2.99. The number of nitrogens with zero attached hydrogens (tertiary/aromatic N) is 1. The minimum atomic E-state index is -2.99. The van der Waals surface area contributed by atoms with E-state index in [1.54, 1.807) is 20.8 Å². The lowest BCUT2D eigenvalue weighted by molar-refractivity contribution is 0.112. The average molecular weight is 251 g/mol. The number of aliphatic hydroxyl groups is 1. The molecule has 0 aliphatic heterocycles. The van der Waals surface area contributed by atoms with Gasteiger partial charge in [-0.25, -0.2) is 8.42 Å². The van der Waals surface area contributed by atoms with Gasteiger partial charge in [0.15, 0.2) is 9.84 Å². The quantitative estimate of drug-likeness (QED) is 0.730. The first-order chi connectivity index (χ1) is 7.16. The molecule has 0 aromatic carbocycles. The van der Waals surface area contributed by atoms with Gasteiger partial charge in [0.05, 0.1) is 17.1 Å². The van der Waals surface area contributed by atoms with E-state index < -0.39 is 15.9 Å². The maximum Gasteiger partial charge on any atom is 0.153 e. The standard InChI is InChI=1S/C11H25NO3S/c1-9(2)12(8-11(5)13)6-7-16(14,15)10(3)4/h9-11,13H,6-8H2,1-5H3. The molecule has 0 rings (SSSR count). The van der Waals surface area contributed by atoms with Crippen LogP contribution >= 0.6 is 0 Å². The van der Waals surface area contributed by atoms with Crippen LogP contribution in [0.15, 0.2) is 0 Å². The number of rotatable bonds is 7. The number of hydrogen-bond donors (Lipinski definition) is 1. The molecule has 0 aromatic heterocycles. The van der Waals surface area contributed by atoms with Crippen LogP contribution in [0, 0.1) is 0 Å². The van der Waals surface area contributed by atoms with Crippen molar-refractivity contribution < 1.29 is 13.5 Å². The average Bonchev–Trinajstić information content (AvgIpc) is 2.10. The molecule has 0 aromatic rings. The van der Waals surface area contributed by atoms with Crippen molar-refractivity contribution in [1.82, 2.24) is 4.90 Å². The molecule has 5 heteroatoms. The summed E-state index contributed by atoms with van der Waals surface area (Å²) in [5.74, 6) is 0.162. The van der Waals surface area contributed by atoms with Crippen molar-refractivity contribution in [2.24, 2.45) is 0 Å². The fraction of sp³-hybridized carbons (Fsp3) is 1.00. The second-order valence-corrected chi connectivity index (χ2v) is 7.53. The second kappa shape index (κ2) is 6.57. The van der Waals surface area contributed by atoms with Crippen molar-refractivity contribution in [3.63, 3.8) is 0 Å². The Kier molecular flexibility index (Phi) is 6.51. The van der Waals surface area contributed by atoms with E-state index in [0.29, 0.717) is 13.1 Å². The van der Waals surface area contributed by atoms with Gasteiger partial charge in [0.25, 0.3) is 0 Å². The molecule has 0 aliphatic rings. The van der Waals surface area contributed by atoms with Gasteiger partial charge in [0, 0.05) is 19.1 Å². The molecular formula is C11H25NO3S. The first-order valence-electron chi connectivity index (χ1n) is 5.80. The number of hydrogen-bond acceptors (Lipinski definition) is 4. The zero-order valence-corrected chi connectivity index (χ0v) is 11.8. The Morgan fingerprint density at radius 1 is 1.12 bits per heavy atom. The van der Waals surface area contributed by atoms with Gasteiger partial charge in [-0.05, 0) is 34.6 Å². The van der Waals surface area contributed by atoms with Crippen molar-refractivity contribution in [2.45, 2.75) is 52.0 Å². The summed E-state index contributed by atoms with van der Waals surface area (Å²) in [5, 5.41) is 8.99. The zero-order valence-electron chi connectivity index (χ0n) is 11.0. The van der Waals surface area contributed by atoms with Gasteiger partial charge in [-0.2, -0.15) is 0 Å². The lowest BCUT2D eigenvalue weighted by Crippen LogP contribution is -2.40. The van der Waals surface area contributed by atoms with Crippen molar-refractivity contribution >= 4 is 9.84 Å². The third-order valence-corrected chi connectivity index (χ3v) is 4.80. The minimum absolute atomic E-state index is 0.162. The lowest BCUT2D eigenvalue weighted by Gasteiger charge is -2.27. The van der Waals surface area contributed by atoms with Crippen LogP contribution in [0.1, 0.15) is 34.6 Å². The summed E-state index contributed by atoms with van der Waals surface area (Å²) in [6, 6.07) is 0.247. The Bertz CT molecular complexity index is 284. The molecule has 98 valence electrons. The molecule has 0 spiro atoms. The number of sulfone groups is 1. The topological polar surface area (TPSA) is 57.6 Å². The fourth-order valence-electron chi connectivity index (χ4n) is 1.38. The summed E-state index contributed by atoms with van der Waals surface area (Å²) in [4.78, 5) is 1.99. The normalized spacial score (nSPS) is 15.1. The van der Waals surface area contributed by atoms with Gasteiger partial charge in [-0.3, -0.25) is 4.90 Å². The Balaban J connectivity index is 4.33. The third-order valence-electron chi connectivity index (χ3n) is 2.61. The van der Waals surface area contributed by atoms with E-state index in [2.05, 4.69) is 0 Å². The second-order valence-electron chi connectivity index (χ2n) is 4.85. The highest BCUT2D eigenvalue weighted by Gasteiger charge is 2.19. The molecule has 0 radical (unpaired) electrons. The van der Waals surface area contributed by atoms with Crippen LogP contribution in [0.25, 0.3) is 0 Å². The molecule has 4 nitrogen and oxygen atoms in total. The first-order valence-corrected chi connectivity index (χ1v) is 7.52. The Hall–Kier alpha value is -0.130. The molecule has 0 amide bonds. The molecular weight excluding hydrogens is 226 g/mol. The smallest absolute Gasteiger partial charge is 0.153 e. The van der Waals surface area contributed by atoms with E-state index in [-0.39, 0.29) is 17.0 Å². The molecule has 0 fully saturated rings. The van der Waals surface area contributed by atoms with Crippen molar-refractivity contribution in [3.8, 4) is 0 Å². The Morgan fingerprint density at radius 2 is 1.62 bits per heavy atom. The van der Waals surface area contributed by atoms with Crippen LogP contribution in [0.2, 0.25) is 0 Å². The maximum absolute atomic E-state index is 11.7. The predicted octanol–water partition coefficient (Wildman–Crippen LogP) is 0.901. The summed E-state index contributed by atoms with van der Waals surface area (Å²) in [6.07, 6.45) is -0.427. The Labute approximate surface area is 99.6 Å². The molecule has 1 atom stereocenters. The monoisotopic (exact) mass is 251 g/mol. The predicted molar refractivity (Wildman–Crippen MR) is 67.3 cm³/mol. The third kappa shape index (κ3) is 5.82. The van der Waals surface area contributed by atoms with E-state index in [9.17, 15) is 13.5 Å². The first kappa shape index (κ1) is 15.9. The van der Waals surface area contributed by atoms with Gasteiger partial charge < -0.3 is 5.11 Å². The van der Waals surface area contributed by atoms with Crippen LogP contribution in [-0.2, 0) is 9.84 Å². The highest BCUT2D eigenvalue weighted by molar-refractivity contribution is 7.92. The maximum atomic E-state index is 11.7. The SMILES string of the molecule is CC(O)CN(CCS(=O)(=O)C(C)C)C(C)C. The van der Waals surface area contributed by atoms with Crippen LogP contribution in [0.5, 0.6) is 0 Å². The van der Waals surface area contributed by atoms with E-state index in [0.717, 1.165) is 0 Å². The summed E-state index contributed by atoms with van der Waals surface area (Å²) in [5.41, 5.74) is 0. The molecule has 0 bridgehead atoms. The fourth-order valence-corrected chi connectivity index (χ4v) is 2.34. The highest BCUT2D eigenvalue weighted by Crippen LogP contribution is 2.05. The van der Waals surface area contributed by atoms with Crippen LogP contribution < -0.4 is 0 Å². The van der Waals surface area contributed by atoms with E-state index in [1.807, 2.05) is 18.7 Å². The van der Waals surface area contributed by atoms with Crippen molar-refractivity contribution in [2.75, 3.05) is 18.8 Å². The van der Waals surface area contributed by atoms with Crippen LogP contribution in [-0.4, -0.2) is 54.7 Å². The van der Waals surface area contributed by atoms with Gasteiger partial charge in [0.1, 0.15) is 0 Å². The molecule has 0 heterocycles. The van der Waals surface area contributed by atoms with Crippen LogP contribution in [0.3, 0.4) is 0 Å². The summed E-state index contributed by atoms with van der Waals surface area (Å²) < 4.78 is 23.3. The minimum Gasteiger partial charge on any atom is -0.392 e. The van der Waals surface area contributed by atoms with Gasteiger partial charge in [-0.15, -0.1) is 0 Å². The molecule has 1 N–H and O–H groups in total. The molecule has 0 saturated heterocycles. The van der Waals surface area contributed by atoms with E-state index >= 15 is 0 Å². The largest absolute Gasteiger partial charge is 0.392 e. The lowest BCUT2D eigenvalue weighted by atomic mass is 10.3. The highest BCUT2D eigenvalue weighted by atomic mass is 32.2. The molecule has 1 unspecified atom stereocenters. The summed E-state index contributed by atoms with van der Waals surface area (Å²) in [6.45, 7) is 10.1. The molecule has 16 heavy (non-hydrogen) atoms. The van der Waals surface area contributed by atoms with Gasteiger partial charge >= 0.3 is 0 Å². The molecule has 0 aliphatic carbocycles. The van der Waals surface area contributed by atoms with Gasteiger partial charge in [0.2, 0.25) is 0 Å². The van der Waals surface area contributed by atoms with E-state index in [4.69, 9.17) is 0 Å². The van der Waals surface area contributed by atoms with Crippen molar-refractivity contribution in [1.29, 1.82) is 0 Å². The summed E-state index contributed by atoms with van der Waals surface area (Å²) >= 11 is 0. The van der Waals surface area contributed by atoms with Gasteiger partial charge in [-0.1, -0.05) is 0 Å². The van der Waals surface area contributed by atoms with E-state index in [1.165, 1.54) is 0 Å². The van der Waals surface area contributed by atoms with Crippen LogP contribution in [0.4, 0.5) is 0 Å². The van der Waals surface area contributed by atoms with Crippen molar-refractivity contribution in [3.05, 3.63) is 0 Å². The Morgan fingerprint density at radius 3 is 1.94 bits per heavy atom. The number of aliphatic hydroxyl groups excluding tert-OH is 1.